The van der Waals surface area contributed by atoms with Gasteiger partial charge in [0.25, 0.3) is 5.69 Å². The monoisotopic (exact) mass is 344 g/mol. The van der Waals surface area contributed by atoms with Crippen LogP contribution in [0.1, 0.15) is 18.4 Å². The van der Waals surface area contributed by atoms with E-state index in [0.29, 0.717) is 30.3 Å². The second kappa shape index (κ2) is 7.29. The van der Waals surface area contributed by atoms with Gasteiger partial charge in [-0.25, -0.2) is 4.79 Å². The number of anilines is 1. The summed E-state index contributed by atoms with van der Waals surface area (Å²) in [5, 5.41) is 21.4. The lowest BCUT2D eigenvalue weighted by molar-refractivity contribution is -0.385. The van der Waals surface area contributed by atoms with Gasteiger partial charge in [0.05, 0.1) is 11.1 Å². The Labute approximate surface area is 144 Å². The van der Waals surface area contributed by atoms with Crippen LogP contribution in [-0.2, 0) is 6.54 Å². The molecule has 1 aliphatic rings. The molecule has 1 aliphatic heterocycles. The van der Waals surface area contributed by atoms with E-state index in [9.17, 15) is 14.9 Å². The Hall–Kier alpha value is -2.97. The maximum atomic E-state index is 12.4. The number of urea groups is 1. The second-order valence-corrected chi connectivity index (χ2v) is 6.24. The molecule has 1 saturated heterocycles. The molecule has 9 nitrogen and oxygen atoms in total. The van der Waals surface area contributed by atoms with Crippen molar-refractivity contribution < 1.29 is 9.72 Å². The number of hydrogen-bond acceptors (Lipinski definition) is 5. The second-order valence-electron chi connectivity index (χ2n) is 6.24. The first-order valence-electron chi connectivity index (χ1n) is 8.18. The minimum atomic E-state index is -0.430. The van der Waals surface area contributed by atoms with E-state index < -0.39 is 4.92 Å². The van der Waals surface area contributed by atoms with E-state index in [4.69, 9.17) is 0 Å². The highest BCUT2D eigenvalue weighted by molar-refractivity contribution is 5.89. The first kappa shape index (κ1) is 16.9. The van der Waals surface area contributed by atoms with E-state index >= 15 is 0 Å². The summed E-state index contributed by atoms with van der Waals surface area (Å²) in [6, 6.07) is 4.41. The van der Waals surface area contributed by atoms with E-state index in [0.717, 1.165) is 19.4 Å². The van der Waals surface area contributed by atoms with Crippen LogP contribution >= 0.6 is 0 Å². The summed E-state index contributed by atoms with van der Waals surface area (Å²) in [5.74, 6) is 0.479. The van der Waals surface area contributed by atoms with Crippen LogP contribution in [0.5, 0.6) is 0 Å². The normalized spacial score (nSPS) is 15.2. The molecule has 1 fully saturated rings. The predicted octanol–water partition coefficient (Wildman–Crippen LogP) is 2.44. The van der Waals surface area contributed by atoms with Gasteiger partial charge in [0.15, 0.2) is 0 Å². The molecule has 9 heteroatoms. The Morgan fingerprint density at radius 3 is 2.76 bits per heavy atom. The minimum Gasteiger partial charge on any atom is -0.325 e. The Balaban J connectivity index is 1.52. The topological polar surface area (TPSA) is 106 Å². The van der Waals surface area contributed by atoms with Crippen molar-refractivity contribution in [3.8, 4) is 0 Å². The zero-order valence-corrected chi connectivity index (χ0v) is 14.0. The van der Waals surface area contributed by atoms with E-state index in [1.54, 1.807) is 30.2 Å². The van der Waals surface area contributed by atoms with Gasteiger partial charge in [-0.05, 0) is 37.8 Å². The van der Waals surface area contributed by atoms with E-state index in [-0.39, 0.29) is 11.7 Å². The molecule has 0 unspecified atom stereocenters. The number of benzene rings is 1. The number of hydrogen-bond donors (Lipinski definition) is 1. The molecule has 1 aromatic carbocycles. The smallest absolute Gasteiger partial charge is 0.321 e. The molecule has 2 aromatic rings. The molecule has 2 heterocycles. The summed E-state index contributed by atoms with van der Waals surface area (Å²) in [6.45, 7) is 3.83. The molecule has 132 valence electrons. The van der Waals surface area contributed by atoms with Crippen LogP contribution in [0, 0.1) is 23.0 Å². The lowest BCUT2D eigenvalue weighted by atomic mass is 9.97. The number of carbonyl (C=O) groups is 1. The maximum Gasteiger partial charge on any atom is 0.321 e. The van der Waals surface area contributed by atoms with E-state index in [2.05, 4.69) is 15.6 Å². The lowest BCUT2D eigenvalue weighted by Crippen LogP contribution is -2.41. The van der Waals surface area contributed by atoms with Gasteiger partial charge in [0.2, 0.25) is 0 Å². The van der Waals surface area contributed by atoms with Gasteiger partial charge in [0.1, 0.15) is 0 Å². The highest BCUT2D eigenvalue weighted by Gasteiger charge is 2.23. The third-order valence-corrected chi connectivity index (χ3v) is 4.46. The molecular formula is C16H20N6O3. The summed E-state index contributed by atoms with van der Waals surface area (Å²) in [7, 11) is 0. The van der Waals surface area contributed by atoms with E-state index in [1.807, 2.05) is 10.9 Å². The van der Waals surface area contributed by atoms with Crippen molar-refractivity contribution in [2.24, 2.45) is 5.92 Å². The zero-order chi connectivity index (χ0) is 17.8. The van der Waals surface area contributed by atoms with E-state index in [1.165, 1.54) is 6.07 Å². The number of piperidine rings is 1. The van der Waals surface area contributed by atoms with Crippen molar-refractivity contribution in [3.05, 3.63) is 46.3 Å². The van der Waals surface area contributed by atoms with Gasteiger partial charge in [-0.1, -0.05) is 5.21 Å². The van der Waals surface area contributed by atoms with Crippen molar-refractivity contribution in [1.29, 1.82) is 0 Å². The SMILES string of the molecule is Cc1cc(NC(=O)N2CCC(Cn3ccnn3)CC2)ccc1[N+](=O)[O-]. The van der Waals surface area contributed by atoms with Crippen molar-refractivity contribution >= 4 is 17.4 Å². The van der Waals surface area contributed by atoms with Gasteiger partial charge in [0, 0.05) is 43.1 Å². The fourth-order valence-electron chi connectivity index (χ4n) is 3.05. The van der Waals surface area contributed by atoms with Crippen LogP contribution in [0.3, 0.4) is 0 Å². The Kier molecular flexibility index (Phi) is 4.92. The molecule has 0 radical (unpaired) electrons. The molecule has 25 heavy (non-hydrogen) atoms. The number of amides is 2. The largest absolute Gasteiger partial charge is 0.325 e. The highest BCUT2D eigenvalue weighted by atomic mass is 16.6. The Bertz CT molecular complexity index is 753. The number of likely N-dealkylation sites (tertiary alicyclic amines) is 1. The molecule has 0 bridgehead atoms. The van der Waals surface area contributed by atoms with Crippen molar-refractivity contribution in [2.45, 2.75) is 26.3 Å². The van der Waals surface area contributed by atoms with Crippen LogP contribution in [0.4, 0.5) is 16.2 Å². The van der Waals surface area contributed by atoms with Gasteiger partial charge >= 0.3 is 6.03 Å². The fraction of sp³-hybridized carbons (Fsp3) is 0.438. The quantitative estimate of drug-likeness (QED) is 0.677. The summed E-state index contributed by atoms with van der Waals surface area (Å²) >= 11 is 0. The predicted molar refractivity (Wildman–Crippen MR) is 91.2 cm³/mol. The van der Waals surface area contributed by atoms with Crippen LogP contribution in [0.2, 0.25) is 0 Å². The molecular weight excluding hydrogens is 324 g/mol. The molecule has 3 rings (SSSR count). The zero-order valence-electron chi connectivity index (χ0n) is 14.0. The van der Waals surface area contributed by atoms with Gasteiger partial charge in [-0.2, -0.15) is 0 Å². The first-order valence-corrected chi connectivity index (χ1v) is 8.18. The highest BCUT2D eigenvalue weighted by Crippen LogP contribution is 2.23. The average Bonchev–Trinajstić information content (AvgIpc) is 3.08. The maximum absolute atomic E-state index is 12.4. The molecule has 0 saturated carbocycles. The summed E-state index contributed by atoms with van der Waals surface area (Å²) in [6.07, 6.45) is 5.32. The van der Waals surface area contributed by atoms with Crippen LogP contribution in [-0.4, -0.2) is 43.9 Å². The summed E-state index contributed by atoms with van der Waals surface area (Å²) < 4.78 is 1.82. The van der Waals surface area contributed by atoms with Crippen molar-refractivity contribution in [2.75, 3.05) is 18.4 Å². The minimum absolute atomic E-state index is 0.0481. The van der Waals surface area contributed by atoms with Crippen LogP contribution < -0.4 is 5.32 Å². The number of nitro benzene ring substituents is 1. The van der Waals surface area contributed by atoms with Gasteiger partial charge in [-0.3, -0.25) is 14.8 Å². The number of aryl methyl sites for hydroxylation is 1. The molecule has 1 N–H and O–H groups in total. The Morgan fingerprint density at radius 2 is 2.16 bits per heavy atom. The first-order chi connectivity index (χ1) is 12.0. The molecule has 0 spiro atoms. The van der Waals surface area contributed by atoms with Gasteiger partial charge in [-0.15, -0.1) is 5.10 Å². The third-order valence-electron chi connectivity index (χ3n) is 4.46. The number of rotatable bonds is 4. The molecule has 2 amide bonds. The van der Waals surface area contributed by atoms with Crippen LogP contribution in [0.25, 0.3) is 0 Å². The standard InChI is InChI=1S/C16H20N6O3/c1-12-10-14(2-3-15(12)22(24)25)18-16(23)20-7-4-13(5-8-20)11-21-9-6-17-19-21/h2-3,6,9-10,13H,4-5,7-8,11H2,1H3,(H,18,23). The lowest BCUT2D eigenvalue weighted by Gasteiger charge is -2.31. The molecule has 1 aromatic heterocycles. The molecule has 0 aliphatic carbocycles. The number of nitrogens with one attached hydrogen (secondary N) is 1. The van der Waals surface area contributed by atoms with Gasteiger partial charge < -0.3 is 10.2 Å². The number of nitro groups is 1. The number of aromatic nitrogens is 3. The van der Waals surface area contributed by atoms with Crippen molar-refractivity contribution in [3.63, 3.8) is 0 Å². The number of nitrogens with zero attached hydrogens (tertiary/aromatic N) is 5. The Morgan fingerprint density at radius 1 is 1.40 bits per heavy atom. The fourth-order valence-corrected chi connectivity index (χ4v) is 3.05. The average molecular weight is 344 g/mol. The third kappa shape index (κ3) is 4.11. The summed E-state index contributed by atoms with van der Waals surface area (Å²) in [4.78, 5) is 24.6. The number of carbonyl (C=O) groups excluding carboxylic acids is 1. The summed E-state index contributed by atoms with van der Waals surface area (Å²) in [5.41, 5.74) is 1.14. The van der Waals surface area contributed by atoms with Crippen molar-refractivity contribution in [1.82, 2.24) is 19.9 Å². The van der Waals surface area contributed by atoms with Crippen LogP contribution in [0.15, 0.2) is 30.6 Å². The molecule has 0 atom stereocenters.